The third-order valence-corrected chi connectivity index (χ3v) is 3.28. The van der Waals surface area contributed by atoms with Crippen LogP contribution in [0.4, 0.5) is 0 Å². The highest BCUT2D eigenvalue weighted by molar-refractivity contribution is 5.82. The van der Waals surface area contributed by atoms with E-state index in [0.29, 0.717) is 27.8 Å². The molecule has 2 aromatic carbocycles. The molecule has 0 saturated carbocycles. The molecule has 0 fully saturated rings. The van der Waals surface area contributed by atoms with Crippen molar-refractivity contribution in [3.63, 3.8) is 0 Å². The number of ether oxygens (including phenoxy) is 1. The maximum atomic E-state index is 12.6. The molecule has 1 N–H and O–H groups in total. The summed E-state index contributed by atoms with van der Waals surface area (Å²) in [7, 11) is 0. The first-order chi connectivity index (χ1) is 10.5. The van der Waals surface area contributed by atoms with Crippen LogP contribution in [0.2, 0.25) is 0 Å². The number of hydrogen-bond donors (Lipinski definition) is 1. The van der Waals surface area contributed by atoms with Crippen molar-refractivity contribution in [2.24, 2.45) is 0 Å². The summed E-state index contributed by atoms with van der Waals surface area (Å²) in [4.78, 5) is 12.6. The number of benzene rings is 2. The summed E-state index contributed by atoms with van der Waals surface area (Å²) in [5, 5.41) is 10.0. The van der Waals surface area contributed by atoms with E-state index in [-0.39, 0.29) is 17.3 Å². The molecule has 0 bridgehead atoms. The lowest BCUT2D eigenvalue weighted by molar-refractivity contribution is 0.242. The van der Waals surface area contributed by atoms with Gasteiger partial charge in [0.15, 0.2) is 5.43 Å². The van der Waals surface area contributed by atoms with Crippen LogP contribution in [0.5, 0.6) is 11.5 Å². The smallest absolute Gasteiger partial charge is 0.200 e. The van der Waals surface area contributed by atoms with E-state index in [9.17, 15) is 9.90 Å². The van der Waals surface area contributed by atoms with Crippen molar-refractivity contribution in [2.75, 3.05) is 0 Å². The molecule has 22 heavy (non-hydrogen) atoms. The van der Waals surface area contributed by atoms with Gasteiger partial charge in [0, 0.05) is 6.07 Å². The molecule has 0 aliphatic carbocycles. The van der Waals surface area contributed by atoms with E-state index in [1.165, 1.54) is 12.3 Å². The Balaban J connectivity index is 2.12. The lowest BCUT2D eigenvalue weighted by atomic mass is 10.1. The van der Waals surface area contributed by atoms with Crippen LogP contribution in [0.25, 0.3) is 22.1 Å². The maximum Gasteiger partial charge on any atom is 0.200 e. The molecule has 3 aromatic rings. The van der Waals surface area contributed by atoms with Crippen LogP contribution in [0.1, 0.15) is 13.8 Å². The van der Waals surface area contributed by atoms with Crippen molar-refractivity contribution in [2.45, 2.75) is 20.0 Å². The number of rotatable bonds is 3. The van der Waals surface area contributed by atoms with Gasteiger partial charge < -0.3 is 14.3 Å². The Kier molecular flexibility index (Phi) is 3.59. The highest BCUT2D eigenvalue weighted by atomic mass is 16.5. The summed E-state index contributed by atoms with van der Waals surface area (Å²) >= 11 is 0. The summed E-state index contributed by atoms with van der Waals surface area (Å²) in [6, 6.07) is 11.7. The van der Waals surface area contributed by atoms with Crippen LogP contribution in [-0.2, 0) is 0 Å². The Morgan fingerprint density at radius 1 is 1.14 bits per heavy atom. The van der Waals surface area contributed by atoms with Crippen LogP contribution in [0, 0.1) is 0 Å². The fraction of sp³-hybridized carbons (Fsp3) is 0.167. The van der Waals surface area contributed by atoms with Crippen molar-refractivity contribution in [3.8, 4) is 22.6 Å². The Hall–Kier alpha value is -2.75. The Morgan fingerprint density at radius 2 is 1.95 bits per heavy atom. The second kappa shape index (κ2) is 5.56. The molecule has 0 aliphatic rings. The Morgan fingerprint density at radius 3 is 2.68 bits per heavy atom. The Labute approximate surface area is 127 Å². The van der Waals surface area contributed by atoms with Gasteiger partial charge in [-0.25, -0.2) is 0 Å². The van der Waals surface area contributed by atoms with Crippen LogP contribution in [0.15, 0.2) is 57.9 Å². The van der Waals surface area contributed by atoms with Gasteiger partial charge in [0.05, 0.1) is 17.1 Å². The number of phenolic OH excluding ortho intramolecular Hbond substituents is 1. The van der Waals surface area contributed by atoms with Gasteiger partial charge in [-0.2, -0.15) is 0 Å². The Bertz CT molecular complexity index is 878. The first-order valence-electron chi connectivity index (χ1n) is 7.06. The van der Waals surface area contributed by atoms with E-state index >= 15 is 0 Å². The normalized spacial score (nSPS) is 11.0. The van der Waals surface area contributed by atoms with Crippen LogP contribution < -0.4 is 10.2 Å². The highest BCUT2D eigenvalue weighted by Gasteiger charge is 2.10. The van der Waals surface area contributed by atoms with Gasteiger partial charge in [0.25, 0.3) is 0 Å². The SMILES string of the molecule is CC(C)Oc1ccc2c(=O)c(-c3cccc(O)c3)coc2c1. The van der Waals surface area contributed by atoms with E-state index in [0.717, 1.165) is 0 Å². The predicted octanol–water partition coefficient (Wildman–Crippen LogP) is 3.95. The number of hydrogen-bond acceptors (Lipinski definition) is 4. The van der Waals surface area contributed by atoms with Crippen molar-refractivity contribution >= 4 is 11.0 Å². The molecule has 0 spiro atoms. The van der Waals surface area contributed by atoms with Crippen molar-refractivity contribution < 1.29 is 14.3 Å². The third-order valence-electron chi connectivity index (χ3n) is 3.28. The predicted molar refractivity (Wildman–Crippen MR) is 85.3 cm³/mol. The van der Waals surface area contributed by atoms with E-state index < -0.39 is 0 Å². The summed E-state index contributed by atoms with van der Waals surface area (Å²) in [5.41, 5.74) is 1.38. The standard InChI is InChI=1S/C18H16O4/c1-11(2)22-14-6-7-15-17(9-14)21-10-16(18(15)20)12-4-3-5-13(19)8-12/h3-11,19H,1-2H3. The largest absolute Gasteiger partial charge is 0.508 e. The van der Waals surface area contributed by atoms with Crippen LogP contribution in [-0.4, -0.2) is 11.2 Å². The third kappa shape index (κ3) is 2.68. The minimum atomic E-state index is -0.136. The van der Waals surface area contributed by atoms with Gasteiger partial charge in [-0.05, 0) is 43.7 Å². The van der Waals surface area contributed by atoms with Gasteiger partial charge in [0.2, 0.25) is 0 Å². The molecular weight excluding hydrogens is 280 g/mol. The number of fused-ring (bicyclic) bond motifs is 1. The molecule has 4 heteroatoms. The quantitative estimate of drug-likeness (QED) is 0.795. The lowest BCUT2D eigenvalue weighted by Gasteiger charge is -2.10. The molecule has 1 aromatic heterocycles. The molecule has 0 unspecified atom stereocenters. The average Bonchev–Trinajstić information content (AvgIpc) is 2.47. The summed E-state index contributed by atoms with van der Waals surface area (Å²) in [6.07, 6.45) is 1.47. The minimum Gasteiger partial charge on any atom is -0.508 e. The van der Waals surface area contributed by atoms with E-state index in [1.807, 2.05) is 13.8 Å². The zero-order chi connectivity index (χ0) is 15.7. The lowest BCUT2D eigenvalue weighted by Crippen LogP contribution is -2.07. The zero-order valence-electron chi connectivity index (χ0n) is 12.4. The zero-order valence-corrected chi connectivity index (χ0v) is 12.4. The van der Waals surface area contributed by atoms with Crippen LogP contribution >= 0.6 is 0 Å². The summed E-state index contributed by atoms with van der Waals surface area (Å²) in [5.74, 6) is 0.772. The molecule has 3 rings (SSSR count). The van der Waals surface area contributed by atoms with Gasteiger partial charge >= 0.3 is 0 Å². The fourth-order valence-electron chi connectivity index (χ4n) is 2.33. The molecule has 4 nitrogen and oxygen atoms in total. The average molecular weight is 296 g/mol. The van der Waals surface area contributed by atoms with Crippen molar-refractivity contribution in [1.82, 2.24) is 0 Å². The topological polar surface area (TPSA) is 59.7 Å². The second-order valence-corrected chi connectivity index (χ2v) is 5.35. The van der Waals surface area contributed by atoms with Gasteiger partial charge in [-0.15, -0.1) is 0 Å². The molecule has 0 saturated heterocycles. The van der Waals surface area contributed by atoms with E-state index in [2.05, 4.69) is 0 Å². The monoisotopic (exact) mass is 296 g/mol. The van der Waals surface area contributed by atoms with Gasteiger partial charge in [-0.3, -0.25) is 4.79 Å². The molecule has 0 amide bonds. The number of phenols is 1. The number of aromatic hydroxyl groups is 1. The summed E-state index contributed by atoms with van der Waals surface area (Å²) in [6.45, 7) is 3.87. The molecule has 112 valence electrons. The van der Waals surface area contributed by atoms with Gasteiger partial charge in [-0.1, -0.05) is 12.1 Å². The van der Waals surface area contributed by atoms with Crippen molar-refractivity contribution in [1.29, 1.82) is 0 Å². The molecular formula is C18H16O4. The maximum absolute atomic E-state index is 12.6. The van der Waals surface area contributed by atoms with E-state index in [4.69, 9.17) is 9.15 Å². The first kappa shape index (κ1) is 14.2. The summed E-state index contributed by atoms with van der Waals surface area (Å²) < 4.78 is 11.2. The highest BCUT2D eigenvalue weighted by Crippen LogP contribution is 2.25. The minimum absolute atomic E-state index is 0.0516. The van der Waals surface area contributed by atoms with Crippen molar-refractivity contribution in [3.05, 3.63) is 59.0 Å². The second-order valence-electron chi connectivity index (χ2n) is 5.35. The van der Waals surface area contributed by atoms with E-state index in [1.54, 1.807) is 36.4 Å². The molecule has 0 atom stereocenters. The van der Waals surface area contributed by atoms with Gasteiger partial charge in [0.1, 0.15) is 23.3 Å². The molecule has 0 radical (unpaired) electrons. The molecule has 0 aliphatic heterocycles. The van der Waals surface area contributed by atoms with Crippen LogP contribution in [0.3, 0.4) is 0 Å². The fourth-order valence-corrected chi connectivity index (χ4v) is 2.33. The first-order valence-corrected chi connectivity index (χ1v) is 7.06. The molecule has 1 heterocycles.